The molecule has 0 bridgehead atoms. The Kier molecular flexibility index (Phi) is 5.16. The van der Waals surface area contributed by atoms with Crippen LogP contribution in [0.4, 0.5) is 13.6 Å². The summed E-state index contributed by atoms with van der Waals surface area (Å²) in [6.45, 7) is 1.89. The van der Waals surface area contributed by atoms with Gasteiger partial charge in [-0.15, -0.1) is 0 Å². The molecule has 26 heavy (non-hydrogen) atoms. The molecule has 1 N–H and O–H groups in total. The third-order valence-corrected chi connectivity index (χ3v) is 5.45. The molecular weight excluding hydrogens is 342 g/mol. The predicted octanol–water partition coefficient (Wildman–Crippen LogP) is 3.79. The molecule has 0 radical (unpaired) electrons. The van der Waals surface area contributed by atoms with E-state index in [0.717, 1.165) is 26.2 Å². The molecule has 5 nitrogen and oxygen atoms in total. The monoisotopic (exact) mass is 366 g/mol. The number of likely N-dealkylation sites (tertiary alicyclic amines) is 1. The molecule has 3 rings (SSSR count). The van der Waals surface area contributed by atoms with Crippen LogP contribution in [-0.2, 0) is 5.92 Å². The number of hydrogen-bond acceptors (Lipinski definition) is 2. The summed E-state index contributed by atoms with van der Waals surface area (Å²) in [6, 6.07) is 5.54. The van der Waals surface area contributed by atoms with Crippen LogP contribution in [0, 0.1) is 5.92 Å². The number of carboxylic acid groups (broad SMARTS) is 1. The zero-order chi connectivity index (χ0) is 18.9. The van der Waals surface area contributed by atoms with Gasteiger partial charge in [0, 0.05) is 37.7 Å². The Bertz CT molecular complexity index is 686. The highest BCUT2D eigenvalue weighted by molar-refractivity contribution is 5.96. The van der Waals surface area contributed by atoms with Gasteiger partial charge >= 0.3 is 6.09 Å². The molecule has 1 aromatic rings. The molecule has 0 aromatic heterocycles. The average molecular weight is 366 g/mol. The van der Waals surface area contributed by atoms with Crippen molar-refractivity contribution < 1.29 is 23.5 Å². The maximum absolute atomic E-state index is 14.0. The Morgan fingerprint density at radius 3 is 2.50 bits per heavy atom. The largest absolute Gasteiger partial charge is 0.465 e. The smallest absolute Gasteiger partial charge is 0.407 e. The lowest BCUT2D eigenvalue weighted by Gasteiger charge is -2.36. The molecule has 0 unspecified atom stereocenters. The van der Waals surface area contributed by atoms with Crippen molar-refractivity contribution in [3.63, 3.8) is 0 Å². The molecular formula is C19H24F2N2O3. The summed E-state index contributed by atoms with van der Waals surface area (Å²) in [6.07, 6.45) is 2.68. The lowest BCUT2D eigenvalue weighted by atomic mass is 9.84. The van der Waals surface area contributed by atoms with E-state index in [1.54, 1.807) is 11.0 Å². The van der Waals surface area contributed by atoms with Gasteiger partial charge in [-0.1, -0.05) is 24.6 Å². The minimum atomic E-state index is -3.11. The minimum Gasteiger partial charge on any atom is -0.465 e. The van der Waals surface area contributed by atoms with Gasteiger partial charge in [-0.3, -0.25) is 4.79 Å². The van der Waals surface area contributed by atoms with Crippen LogP contribution in [-0.4, -0.2) is 52.6 Å². The van der Waals surface area contributed by atoms with Gasteiger partial charge < -0.3 is 14.9 Å². The van der Waals surface area contributed by atoms with Crippen LogP contribution < -0.4 is 0 Å². The number of rotatable bonds is 5. The first kappa shape index (κ1) is 18.6. The fourth-order valence-electron chi connectivity index (χ4n) is 3.73. The molecule has 1 aliphatic heterocycles. The first-order chi connectivity index (χ1) is 12.3. The van der Waals surface area contributed by atoms with Gasteiger partial charge in [0.25, 0.3) is 11.8 Å². The molecule has 1 saturated heterocycles. The van der Waals surface area contributed by atoms with Crippen LogP contribution in [0.25, 0.3) is 0 Å². The highest BCUT2D eigenvalue weighted by Crippen LogP contribution is 2.33. The summed E-state index contributed by atoms with van der Waals surface area (Å²) in [5.74, 6) is -3.17. The second-order valence-corrected chi connectivity index (χ2v) is 7.36. The van der Waals surface area contributed by atoms with Gasteiger partial charge in [0.1, 0.15) is 0 Å². The van der Waals surface area contributed by atoms with E-state index < -0.39 is 17.9 Å². The van der Waals surface area contributed by atoms with Crippen LogP contribution in [0.5, 0.6) is 0 Å². The van der Waals surface area contributed by atoms with Crippen molar-refractivity contribution in [3.05, 3.63) is 35.4 Å². The van der Waals surface area contributed by atoms with Crippen LogP contribution in [0.3, 0.4) is 0 Å². The van der Waals surface area contributed by atoms with Crippen molar-refractivity contribution in [1.82, 2.24) is 9.80 Å². The summed E-state index contributed by atoms with van der Waals surface area (Å²) in [4.78, 5) is 27.3. The van der Waals surface area contributed by atoms with Crippen molar-refractivity contribution in [1.29, 1.82) is 0 Å². The van der Waals surface area contributed by atoms with Crippen molar-refractivity contribution in [3.8, 4) is 0 Å². The second kappa shape index (κ2) is 7.21. The van der Waals surface area contributed by atoms with E-state index in [9.17, 15) is 23.5 Å². The summed E-state index contributed by atoms with van der Waals surface area (Å²) in [5.41, 5.74) is -0.273. The quantitative estimate of drug-likeness (QED) is 0.862. The van der Waals surface area contributed by atoms with Gasteiger partial charge in [0.05, 0.1) is 6.04 Å². The van der Waals surface area contributed by atoms with Crippen LogP contribution in [0.15, 0.2) is 24.3 Å². The first-order valence-electron chi connectivity index (χ1n) is 9.03. The Balaban J connectivity index is 1.87. The van der Waals surface area contributed by atoms with Gasteiger partial charge in [-0.25, -0.2) is 13.6 Å². The third-order valence-electron chi connectivity index (χ3n) is 5.45. The molecule has 1 heterocycles. The fraction of sp³-hybridized carbons (Fsp3) is 0.579. The predicted molar refractivity (Wildman–Crippen MR) is 92.4 cm³/mol. The van der Waals surface area contributed by atoms with Gasteiger partial charge in [0.2, 0.25) is 0 Å². The number of hydrogen-bond donors (Lipinski definition) is 1. The number of nitrogens with zero attached hydrogens (tertiary/aromatic N) is 2. The Morgan fingerprint density at radius 2 is 1.96 bits per heavy atom. The summed E-state index contributed by atoms with van der Waals surface area (Å²) < 4.78 is 27.9. The van der Waals surface area contributed by atoms with E-state index in [1.807, 2.05) is 0 Å². The summed E-state index contributed by atoms with van der Waals surface area (Å²) in [5, 5.41) is 9.18. The molecule has 2 amide bonds. The van der Waals surface area contributed by atoms with Crippen LogP contribution in [0.2, 0.25) is 0 Å². The van der Waals surface area contributed by atoms with Gasteiger partial charge in [-0.05, 0) is 31.2 Å². The Morgan fingerprint density at radius 1 is 1.27 bits per heavy atom. The highest BCUT2D eigenvalue weighted by atomic mass is 19.3. The van der Waals surface area contributed by atoms with Crippen molar-refractivity contribution in [2.24, 2.45) is 5.92 Å². The number of halogens is 2. The zero-order valence-corrected chi connectivity index (χ0v) is 14.8. The molecule has 0 spiro atoms. The number of alkyl halides is 2. The number of benzene rings is 1. The molecule has 142 valence electrons. The normalized spacial score (nSPS) is 20.7. The van der Waals surface area contributed by atoms with E-state index in [4.69, 9.17) is 0 Å². The Hall–Kier alpha value is -2.18. The molecule has 2 fully saturated rings. The third kappa shape index (κ3) is 3.81. The summed E-state index contributed by atoms with van der Waals surface area (Å²) in [7, 11) is 0. The van der Waals surface area contributed by atoms with Gasteiger partial charge in [0.15, 0.2) is 0 Å². The first-order valence-corrected chi connectivity index (χ1v) is 9.03. The molecule has 1 aromatic carbocycles. The molecule has 1 saturated carbocycles. The van der Waals surface area contributed by atoms with Crippen molar-refractivity contribution in [2.45, 2.75) is 44.6 Å². The van der Waals surface area contributed by atoms with Crippen LogP contribution >= 0.6 is 0 Å². The van der Waals surface area contributed by atoms with Crippen LogP contribution in [0.1, 0.15) is 48.5 Å². The lowest BCUT2D eigenvalue weighted by molar-refractivity contribution is 0.0152. The standard InChI is InChI=1S/C19H24F2N2O3/c1-19(20,21)16-8-3-2-7-15(16)17(24)23(11-13-5-4-6-13)14-9-10-22(12-14)18(25)26/h2-3,7-8,13-14H,4-6,9-12H2,1H3,(H,25,26)/t14-/m0/s1. The van der Waals surface area contributed by atoms with E-state index in [-0.39, 0.29) is 23.7 Å². The maximum Gasteiger partial charge on any atom is 0.407 e. The lowest BCUT2D eigenvalue weighted by Crippen LogP contribution is -2.46. The number of carbonyl (C=O) groups is 2. The van der Waals surface area contributed by atoms with E-state index in [0.29, 0.717) is 25.4 Å². The number of carbonyl (C=O) groups excluding carboxylic acids is 1. The average Bonchev–Trinajstić information content (AvgIpc) is 3.02. The van der Waals surface area contributed by atoms with Crippen molar-refractivity contribution >= 4 is 12.0 Å². The van der Waals surface area contributed by atoms with Crippen molar-refractivity contribution in [2.75, 3.05) is 19.6 Å². The van der Waals surface area contributed by atoms with E-state index in [1.165, 1.54) is 23.1 Å². The summed E-state index contributed by atoms with van der Waals surface area (Å²) >= 11 is 0. The maximum atomic E-state index is 14.0. The molecule has 1 atom stereocenters. The van der Waals surface area contributed by atoms with Gasteiger partial charge in [-0.2, -0.15) is 0 Å². The minimum absolute atomic E-state index is 0.00750. The SMILES string of the molecule is CC(F)(F)c1ccccc1C(=O)N(CC1CCC1)[C@H]1CCN(C(=O)O)C1. The van der Waals surface area contributed by atoms with E-state index >= 15 is 0 Å². The fourth-order valence-corrected chi connectivity index (χ4v) is 3.73. The Labute approximate surface area is 151 Å². The second-order valence-electron chi connectivity index (χ2n) is 7.36. The zero-order valence-electron chi connectivity index (χ0n) is 14.8. The molecule has 2 aliphatic rings. The molecule has 1 aliphatic carbocycles. The topological polar surface area (TPSA) is 60.9 Å². The highest BCUT2D eigenvalue weighted by Gasteiger charge is 2.38. The van der Waals surface area contributed by atoms with E-state index in [2.05, 4.69) is 0 Å². The number of amides is 2. The molecule has 7 heteroatoms.